The summed E-state index contributed by atoms with van der Waals surface area (Å²) in [6.45, 7) is 0.991. The van der Waals surface area contributed by atoms with Crippen LogP contribution in [0, 0.1) is 0 Å². The molecule has 16 heavy (non-hydrogen) atoms. The number of amides is 1. The molecule has 2 aromatic heterocycles. The second-order valence-corrected chi connectivity index (χ2v) is 3.94. The zero-order chi connectivity index (χ0) is 11.1. The van der Waals surface area contributed by atoms with Crippen molar-refractivity contribution in [3.05, 3.63) is 29.6 Å². The Morgan fingerprint density at radius 1 is 1.56 bits per heavy atom. The highest BCUT2D eigenvalue weighted by atomic mass is 16.4. The van der Waals surface area contributed by atoms with E-state index < -0.39 is 6.09 Å². The zero-order valence-electron chi connectivity index (χ0n) is 8.60. The molecular weight excluding hydrogens is 206 g/mol. The van der Waals surface area contributed by atoms with Crippen LogP contribution >= 0.6 is 0 Å². The Balaban J connectivity index is 2.09. The molecule has 2 N–H and O–H groups in total. The smallest absolute Gasteiger partial charge is 0.407 e. The SMILES string of the molecule is O=C(O)N1CCc2c([nH]c3ncccc23)C1. The second kappa shape index (κ2) is 3.23. The lowest BCUT2D eigenvalue weighted by atomic mass is 10.0. The highest BCUT2D eigenvalue weighted by Gasteiger charge is 2.23. The molecule has 0 atom stereocenters. The van der Waals surface area contributed by atoms with Gasteiger partial charge in [0.15, 0.2) is 0 Å². The van der Waals surface area contributed by atoms with Gasteiger partial charge in [-0.2, -0.15) is 0 Å². The molecule has 5 heteroatoms. The lowest BCUT2D eigenvalue weighted by molar-refractivity contribution is 0.139. The third kappa shape index (κ3) is 1.25. The van der Waals surface area contributed by atoms with Crippen molar-refractivity contribution in [2.45, 2.75) is 13.0 Å². The molecule has 5 nitrogen and oxygen atoms in total. The highest BCUT2D eigenvalue weighted by molar-refractivity contribution is 5.82. The van der Waals surface area contributed by atoms with Crippen molar-refractivity contribution in [1.29, 1.82) is 0 Å². The Labute approximate surface area is 91.7 Å². The van der Waals surface area contributed by atoms with Crippen molar-refractivity contribution < 1.29 is 9.90 Å². The molecule has 2 aromatic rings. The third-order valence-electron chi connectivity index (χ3n) is 3.02. The minimum atomic E-state index is -0.864. The van der Waals surface area contributed by atoms with Crippen LogP contribution in [0.25, 0.3) is 11.0 Å². The lowest BCUT2D eigenvalue weighted by Crippen LogP contribution is -2.34. The second-order valence-electron chi connectivity index (χ2n) is 3.94. The molecule has 3 heterocycles. The van der Waals surface area contributed by atoms with Crippen LogP contribution in [0.2, 0.25) is 0 Å². The minimum absolute atomic E-state index is 0.432. The molecule has 1 aliphatic heterocycles. The Bertz CT molecular complexity index is 561. The number of aromatic nitrogens is 2. The molecule has 0 saturated carbocycles. The molecule has 0 aromatic carbocycles. The Hall–Kier alpha value is -2.04. The van der Waals surface area contributed by atoms with E-state index in [1.165, 1.54) is 10.5 Å². The van der Waals surface area contributed by atoms with Crippen molar-refractivity contribution in [3.8, 4) is 0 Å². The Kier molecular flexibility index (Phi) is 1.86. The monoisotopic (exact) mass is 217 g/mol. The fourth-order valence-electron chi connectivity index (χ4n) is 2.23. The van der Waals surface area contributed by atoms with Gasteiger partial charge in [0.05, 0.1) is 6.54 Å². The third-order valence-corrected chi connectivity index (χ3v) is 3.02. The van der Waals surface area contributed by atoms with Crippen LogP contribution < -0.4 is 0 Å². The van der Waals surface area contributed by atoms with Crippen molar-refractivity contribution >= 4 is 17.1 Å². The first-order valence-corrected chi connectivity index (χ1v) is 5.18. The maximum Gasteiger partial charge on any atom is 0.407 e. The number of fused-ring (bicyclic) bond motifs is 3. The van der Waals surface area contributed by atoms with Gasteiger partial charge < -0.3 is 15.0 Å². The maximum atomic E-state index is 10.9. The number of carbonyl (C=O) groups is 1. The van der Waals surface area contributed by atoms with Gasteiger partial charge >= 0.3 is 6.09 Å². The summed E-state index contributed by atoms with van der Waals surface area (Å²) in [7, 11) is 0. The predicted molar refractivity (Wildman–Crippen MR) is 58.2 cm³/mol. The van der Waals surface area contributed by atoms with Gasteiger partial charge in [0.2, 0.25) is 0 Å². The number of aromatic amines is 1. The number of hydrogen-bond donors (Lipinski definition) is 2. The predicted octanol–water partition coefficient (Wildman–Crippen LogP) is 1.60. The number of nitrogens with zero attached hydrogens (tertiary/aromatic N) is 2. The Morgan fingerprint density at radius 3 is 3.25 bits per heavy atom. The molecular formula is C11H11N3O2. The number of H-pyrrole nitrogens is 1. The maximum absolute atomic E-state index is 10.9. The van der Waals surface area contributed by atoms with E-state index in [1.807, 2.05) is 12.1 Å². The molecule has 3 rings (SSSR count). The minimum Gasteiger partial charge on any atom is -0.465 e. The number of rotatable bonds is 0. The zero-order valence-corrected chi connectivity index (χ0v) is 8.60. The van der Waals surface area contributed by atoms with E-state index >= 15 is 0 Å². The summed E-state index contributed by atoms with van der Waals surface area (Å²) in [5, 5.41) is 10.0. The molecule has 82 valence electrons. The molecule has 1 amide bonds. The first-order valence-electron chi connectivity index (χ1n) is 5.18. The first-order chi connectivity index (χ1) is 7.75. The number of nitrogens with one attached hydrogen (secondary N) is 1. The van der Waals surface area contributed by atoms with Gasteiger partial charge in [0.1, 0.15) is 5.65 Å². The van der Waals surface area contributed by atoms with Crippen LogP contribution in [0.5, 0.6) is 0 Å². The van der Waals surface area contributed by atoms with E-state index in [-0.39, 0.29) is 0 Å². The van der Waals surface area contributed by atoms with Crippen molar-refractivity contribution in [2.24, 2.45) is 0 Å². The van der Waals surface area contributed by atoms with Gasteiger partial charge in [-0.1, -0.05) is 0 Å². The van der Waals surface area contributed by atoms with Gasteiger partial charge in [0.25, 0.3) is 0 Å². The summed E-state index contributed by atoms with van der Waals surface area (Å²) in [5.74, 6) is 0. The Morgan fingerprint density at radius 2 is 2.44 bits per heavy atom. The summed E-state index contributed by atoms with van der Waals surface area (Å²) in [4.78, 5) is 19.7. The van der Waals surface area contributed by atoms with Crippen LogP contribution in [0.1, 0.15) is 11.3 Å². The topological polar surface area (TPSA) is 69.2 Å². The number of carboxylic acid groups (broad SMARTS) is 1. The molecule has 1 aliphatic rings. The van der Waals surface area contributed by atoms with Crippen LogP contribution in [-0.4, -0.2) is 32.6 Å². The van der Waals surface area contributed by atoms with Gasteiger partial charge in [0, 0.05) is 23.8 Å². The van der Waals surface area contributed by atoms with E-state index in [1.54, 1.807) is 6.20 Å². The van der Waals surface area contributed by atoms with Crippen LogP contribution in [0.3, 0.4) is 0 Å². The van der Waals surface area contributed by atoms with Crippen molar-refractivity contribution in [3.63, 3.8) is 0 Å². The van der Waals surface area contributed by atoms with Gasteiger partial charge in [-0.25, -0.2) is 9.78 Å². The fourth-order valence-corrected chi connectivity index (χ4v) is 2.23. The fraction of sp³-hybridized carbons (Fsp3) is 0.273. The number of pyridine rings is 1. The largest absolute Gasteiger partial charge is 0.465 e. The van der Waals surface area contributed by atoms with Crippen LogP contribution in [0.15, 0.2) is 18.3 Å². The molecule has 0 unspecified atom stereocenters. The number of hydrogen-bond acceptors (Lipinski definition) is 2. The van der Waals surface area contributed by atoms with Gasteiger partial charge in [-0.05, 0) is 24.1 Å². The average Bonchev–Trinajstić information content (AvgIpc) is 2.66. The average molecular weight is 217 g/mol. The van der Waals surface area contributed by atoms with Gasteiger partial charge in [-0.3, -0.25) is 0 Å². The standard InChI is InChI=1S/C11H11N3O2/c15-11(16)14-5-3-7-8-2-1-4-12-10(8)13-9(7)6-14/h1-2,4H,3,5-6H2,(H,12,13)(H,15,16). The summed E-state index contributed by atoms with van der Waals surface area (Å²) in [6.07, 6.45) is 1.63. The van der Waals surface area contributed by atoms with E-state index in [0.717, 1.165) is 23.1 Å². The lowest BCUT2D eigenvalue weighted by Gasteiger charge is -2.23. The summed E-state index contributed by atoms with van der Waals surface area (Å²) < 4.78 is 0. The quantitative estimate of drug-likeness (QED) is 0.704. The van der Waals surface area contributed by atoms with E-state index in [0.29, 0.717) is 13.1 Å². The summed E-state index contributed by atoms with van der Waals surface area (Å²) in [5.41, 5.74) is 3.03. The molecule has 0 bridgehead atoms. The first kappa shape index (κ1) is 9.21. The highest BCUT2D eigenvalue weighted by Crippen LogP contribution is 2.25. The molecule has 0 radical (unpaired) electrons. The van der Waals surface area contributed by atoms with Crippen LogP contribution in [0.4, 0.5) is 4.79 Å². The van der Waals surface area contributed by atoms with E-state index in [4.69, 9.17) is 5.11 Å². The summed E-state index contributed by atoms with van der Waals surface area (Å²) >= 11 is 0. The summed E-state index contributed by atoms with van der Waals surface area (Å²) in [6, 6.07) is 3.92. The molecule has 0 spiro atoms. The van der Waals surface area contributed by atoms with E-state index in [2.05, 4.69) is 9.97 Å². The van der Waals surface area contributed by atoms with Crippen molar-refractivity contribution in [2.75, 3.05) is 6.54 Å². The normalized spacial score (nSPS) is 15.1. The molecule has 0 fully saturated rings. The van der Waals surface area contributed by atoms with Gasteiger partial charge in [-0.15, -0.1) is 0 Å². The van der Waals surface area contributed by atoms with Crippen molar-refractivity contribution in [1.82, 2.24) is 14.9 Å². The molecule has 0 aliphatic carbocycles. The van der Waals surface area contributed by atoms with E-state index in [9.17, 15) is 4.79 Å². The molecule has 0 saturated heterocycles. The van der Waals surface area contributed by atoms with Crippen LogP contribution in [-0.2, 0) is 13.0 Å².